The molecule has 0 saturated carbocycles. The Morgan fingerprint density at radius 1 is 1.33 bits per heavy atom. The average Bonchev–Trinajstić information content (AvgIpc) is 3.26. The molecule has 8 nitrogen and oxygen atoms in total. The second-order valence-electron chi connectivity index (χ2n) is 6.44. The molecule has 0 unspecified atom stereocenters. The van der Waals surface area contributed by atoms with Crippen LogP contribution >= 0.6 is 23.1 Å². The van der Waals surface area contributed by atoms with Crippen molar-refractivity contribution in [2.45, 2.75) is 38.1 Å². The van der Waals surface area contributed by atoms with Crippen LogP contribution in [0.5, 0.6) is 5.75 Å². The number of thioether (sulfide) groups is 1. The van der Waals surface area contributed by atoms with E-state index in [2.05, 4.69) is 20.5 Å². The molecule has 2 heterocycles. The number of esters is 1. The Morgan fingerprint density at radius 2 is 2.07 bits per heavy atom. The highest BCUT2D eigenvalue weighted by Gasteiger charge is 2.25. The summed E-state index contributed by atoms with van der Waals surface area (Å²) in [5.74, 6) is -0.222. The van der Waals surface area contributed by atoms with E-state index in [9.17, 15) is 14.7 Å². The lowest BCUT2D eigenvalue weighted by Gasteiger charge is -2.10. The highest BCUT2D eigenvalue weighted by Crippen LogP contribution is 2.34. The normalized spacial score (nSPS) is 11.9. The van der Waals surface area contributed by atoms with E-state index in [1.54, 1.807) is 38.1 Å². The van der Waals surface area contributed by atoms with Crippen LogP contribution in [0.25, 0.3) is 11.4 Å². The van der Waals surface area contributed by atoms with Crippen LogP contribution in [0, 0.1) is 13.8 Å². The summed E-state index contributed by atoms with van der Waals surface area (Å²) in [7, 11) is 0. The van der Waals surface area contributed by atoms with Crippen molar-refractivity contribution in [3.63, 3.8) is 0 Å². The summed E-state index contributed by atoms with van der Waals surface area (Å²) in [6.07, 6.45) is 0. The summed E-state index contributed by atoms with van der Waals surface area (Å²) in [6, 6.07) is 6.79. The van der Waals surface area contributed by atoms with Crippen molar-refractivity contribution in [3.05, 3.63) is 40.3 Å². The average molecular weight is 447 g/mol. The van der Waals surface area contributed by atoms with Gasteiger partial charge in [-0.3, -0.25) is 9.89 Å². The fourth-order valence-corrected chi connectivity index (χ4v) is 4.46. The maximum Gasteiger partial charge on any atom is 0.341 e. The number of thiophene rings is 1. The summed E-state index contributed by atoms with van der Waals surface area (Å²) in [6.45, 7) is 7.46. The Balaban J connectivity index is 1.71. The highest BCUT2D eigenvalue weighted by molar-refractivity contribution is 8.00. The highest BCUT2D eigenvalue weighted by atomic mass is 32.2. The lowest BCUT2D eigenvalue weighted by molar-refractivity contribution is -0.115. The van der Waals surface area contributed by atoms with Crippen LogP contribution in [-0.2, 0) is 9.53 Å². The quantitative estimate of drug-likeness (QED) is 0.369. The van der Waals surface area contributed by atoms with Crippen molar-refractivity contribution in [1.82, 2.24) is 15.2 Å². The number of phenols is 1. The third-order valence-electron chi connectivity index (χ3n) is 4.38. The topological polar surface area (TPSA) is 117 Å². The third-order valence-corrected chi connectivity index (χ3v) is 6.46. The zero-order chi connectivity index (χ0) is 21.8. The predicted octanol–water partition coefficient (Wildman–Crippen LogP) is 4.15. The molecule has 0 fully saturated rings. The van der Waals surface area contributed by atoms with E-state index in [1.165, 1.54) is 23.1 Å². The van der Waals surface area contributed by atoms with Gasteiger partial charge in [-0.25, -0.2) is 9.78 Å². The third kappa shape index (κ3) is 4.65. The first-order valence-electron chi connectivity index (χ1n) is 9.27. The van der Waals surface area contributed by atoms with Gasteiger partial charge in [-0.05, 0) is 45.4 Å². The standard InChI is InChI=1S/C20H22N4O4S2/c1-5-28-19(27)15-10(2)11(3)29-18(15)22-17(26)12(4)30-20-21-16(23-24-20)13-8-6-7-9-14(13)25/h6-9,12,25H,5H2,1-4H3,(H,22,26)(H,21,23,24)/t12-/m0/s1. The molecule has 3 N–H and O–H groups in total. The minimum atomic E-state index is -0.518. The van der Waals surface area contributed by atoms with Gasteiger partial charge >= 0.3 is 5.97 Å². The van der Waals surface area contributed by atoms with Crippen LogP contribution in [-0.4, -0.2) is 44.0 Å². The number of carbonyl (C=O) groups is 2. The van der Waals surface area contributed by atoms with Crippen LogP contribution in [0.4, 0.5) is 5.00 Å². The summed E-state index contributed by atoms with van der Waals surface area (Å²) in [4.78, 5) is 30.3. The number of nitrogens with zero attached hydrogens (tertiary/aromatic N) is 2. The summed E-state index contributed by atoms with van der Waals surface area (Å²) in [5.41, 5.74) is 1.72. The van der Waals surface area contributed by atoms with Crippen molar-refractivity contribution >= 4 is 40.0 Å². The van der Waals surface area contributed by atoms with Crippen molar-refractivity contribution in [1.29, 1.82) is 0 Å². The maximum atomic E-state index is 12.7. The number of aromatic nitrogens is 3. The fraction of sp³-hybridized carbons (Fsp3) is 0.300. The second-order valence-corrected chi connectivity index (χ2v) is 8.97. The van der Waals surface area contributed by atoms with Gasteiger partial charge in [0, 0.05) is 4.88 Å². The number of aryl methyl sites for hydroxylation is 1. The maximum absolute atomic E-state index is 12.7. The Morgan fingerprint density at radius 3 is 2.77 bits per heavy atom. The van der Waals surface area contributed by atoms with Gasteiger partial charge in [0.25, 0.3) is 0 Å². The van der Waals surface area contributed by atoms with E-state index >= 15 is 0 Å². The minimum Gasteiger partial charge on any atom is -0.507 e. The van der Waals surface area contributed by atoms with Gasteiger partial charge in [-0.2, -0.15) is 0 Å². The number of hydrogen-bond acceptors (Lipinski definition) is 8. The van der Waals surface area contributed by atoms with E-state index < -0.39 is 11.2 Å². The van der Waals surface area contributed by atoms with Crippen molar-refractivity contribution < 1.29 is 19.4 Å². The molecule has 30 heavy (non-hydrogen) atoms. The number of hydrogen-bond donors (Lipinski definition) is 3. The molecule has 3 rings (SSSR count). The number of aromatic amines is 1. The van der Waals surface area contributed by atoms with E-state index in [0.29, 0.717) is 27.1 Å². The summed E-state index contributed by atoms with van der Waals surface area (Å²) >= 11 is 2.51. The zero-order valence-corrected chi connectivity index (χ0v) is 18.6. The number of H-pyrrole nitrogens is 1. The molecule has 1 aromatic carbocycles. The van der Waals surface area contributed by atoms with Gasteiger partial charge in [0.2, 0.25) is 11.1 Å². The molecule has 0 aliphatic rings. The molecule has 3 aromatic rings. The smallest absolute Gasteiger partial charge is 0.341 e. The van der Waals surface area contributed by atoms with Gasteiger partial charge in [-0.15, -0.1) is 16.4 Å². The van der Waals surface area contributed by atoms with Crippen LogP contribution in [0.2, 0.25) is 0 Å². The molecule has 2 aromatic heterocycles. The number of phenolic OH excluding ortho intramolecular Hbond substituents is 1. The van der Waals surface area contributed by atoms with E-state index in [1.807, 2.05) is 13.8 Å². The number of ether oxygens (including phenoxy) is 1. The molecular formula is C20H22N4O4S2. The number of anilines is 1. The first kappa shape index (κ1) is 21.8. The zero-order valence-electron chi connectivity index (χ0n) is 17.0. The van der Waals surface area contributed by atoms with Crippen molar-refractivity contribution in [2.75, 3.05) is 11.9 Å². The molecule has 1 atom stereocenters. The molecule has 0 saturated heterocycles. The number of para-hydroxylation sites is 1. The molecule has 0 aliphatic heterocycles. The number of aromatic hydroxyl groups is 1. The lowest BCUT2D eigenvalue weighted by Crippen LogP contribution is -2.23. The Labute approximate surface area is 182 Å². The van der Waals surface area contributed by atoms with Crippen LogP contribution < -0.4 is 5.32 Å². The summed E-state index contributed by atoms with van der Waals surface area (Å²) < 4.78 is 5.12. The number of nitrogens with one attached hydrogen (secondary N) is 2. The van der Waals surface area contributed by atoms with Crippen molar-refractivity contribution in [3.8, 4) is 17.1 Å². The molecule has 0 spiro atoms. The summed E-state index contributed by atoms with van der Waals surface area (Å²) in [5, 5.41) is 20.0. The molecule has 10 heteroatoms. The van der Waals surface area contributed by atoms with Gasteiger partial charge in [-0.1, -0.05) is 23.9 Å². The van der Waals surface area contributed by atoms with Gasteiger partial charge in [0.05, 0.1) is 23.0 Å². The SMILES string of the molecule is CCOC(=O)c1c(NC(=O)[C@H](C)Sc2n[nH]c(-c3ccccc3O)n2)sc(C)c1C. The Hall–Kier alpha value is -2.85. The minimum absolute atomic E-state index is 0.0888. The molecule has 158 valence electrons. The lowest BCUT2D eigenvalue weighted by atomic mass is 10.1. The number of benzene rings is 1. The number of amides is 1. The van der Waals surface area contributed by atoms with E-state index in [-0.39, 0.29) is 18.3 Å². The van der Waals surface area contributed by atoms with Crippen LogP contribution in [0.3, 0.4) is 0 Å². The first-order valence-corrected chi connectivity index (χ1v) is 11.0. The molecular weight excluding hydrogens is 424 g/mol. The number of rotatable bonds is 7. The molecule has 0 bridgehead atoms. The van der Waals surface area contributed by atoms with Gasteiger partial charge in [0.15, 0.2) is 5.82 Å². The molecule has 0 aliphatic carbocycles. The van der Waals surface area contributed by atoms with Crippen LogP contribution in [0.1, 0.15) is 34.6 Å². The Bertz CT molecular complexity index is 1080. The fourth-order valence-electron chi connectivity index (χ4n) is 2.68. The van der Waals surface area contributed by atoms with Crippen LogP contribution in [0.15, 0.2) is 29.4 Å². The van der Waals surface area contributed by atoms with Crippen molar-refractivity contribution in [2.24, 2.45) is 0 Å². The number of carbonyl (C=O) groups excluding carboxylic acids is 2. The van der Waals surface area contributed by atoms with E-state index in [0.717, 1.165) is 10.4 Å². The van der Waals surface area contributed by atoms with Gasteiger partial charge < -0.3 is 15.2 Å². The predicted molar refractivity (Wildman–Crippen MR) is 117 cm³/mol. The molecule has 0 radical (unpaired) electrons. The molecule has 1 amide bonds. The van der Waals surface area contributed by atoms with Gasteiger partial charge in [0.1, 0.15) is 10.8 Å². The first-order chi connectivity index (χ1) is 14.3. The Kier molecular flexibility index (Phi) is 6.78. The second kappa shape index (κ2) is 9.31. The monoisotopic (exact) mass is 446 g/mol. The van der Waals surface area contributed by atoms with E-state index in [4.69, 9.17) is 4.74 Å². The largest absolute Gasteiger partial charge is 0.507 e.